The second-order valence-electron chi connectivity index (χ2n) is 4.73. The van der Waals surface area contributed by atoms with E-state index in [1.54, 1.807) is 0 Å². The molecule has 0 aliphatic rings. The smallest absolute Gasteiger partial charge is 0.200 e. The SMILES string of the molecule is CCCc1ccc(C(=O)COc2ccc(F)cc2Br)cc1. The first-order valence-corrected chi connectivity index (χ1v) is 7.59. The van der Waals surface area contributed by atoms with Gasteiger partial charge in [0.15, 0.2) is 12.4 Å². The van der Waals surface area contributed by atoms with E-state index in [-0.39, 0.29) is 18.2 Å². The van der Waals surface area contributed by atoms with Crippen LogP contribution < -0.4 is 4.74 Å². The van der Waals surface area contributed by atoms with Crippen LogP contribution in [-0.2, 0) is 6.42 Å². The third kappa shape index (κ3) is 4.39. The van der Waals surface area contributed by atoms with Crippen molar-refractivity contribution < 1.29 is 13.9 Å². The van der Waals surface area contributed by atoms with Crippen LogP contribution in [0.15, 0.2) is 46.9 Å². The molecule has 0 atom stereocenters. The Morgan fingerprint density at radius 3 is 2.52 bits per heavy atom. The summed E-state index contributed by atoms with van der Waals surface area (Å²) in [5, 5.41) is 0. The molecule has 0 heterocycles. The summed E-state index contributed by atoms with van der Waals surface area (Å²) in [7, 11) is 0. The fraction of sp³-hybridized carbons (Fsp3) is 0.235. The first-order valence-electron chi connectivity index (χ1n) is 6.80. The van der Waals surface area contributed by atoms with Gasteiger partial charge in [-0.05, 0) is 46.1 Å². The van der Waals surface area contributed by atoms with E-state index in [4.69, 9.17) is 4.74 Å². The third-order valence-corrected chi connectivity index (χ3v) is 3.69. The number of carbonyl (C=O) groups is 1. The summed E-state index contributed by atoms with van der Waals surface area (Å²) in [6.45, 7) is 2.05. The largest absolute Gasteiger partial charge is 0.484 e. The Labute approximate surface area is 132 Å². The molecule has 4 heteroatoms. The zero-order chi connectivity index (χ0) is 15.2. The summed E-state index contributed by atoms with van der Waals surface area (Å²) in [4.78, 5) is 12.1. The highest BCUT2D eigenvalue weighted by Crippen LogP contribution is 2.25. The predicted molar refractivity (Wildman–Crippen MR) is 84.4 cm³/mol. The second-order valence-corrected chi connectivity index (χ2v) is 5.59. The maximum Gasteiger partial charge on any atom is 0.200 e. The number of aryl methyl sites for hydroxylation is 1. The predicted octanol–water partition coefficient (Wildman–Crippen LogP) is 4.80. The molecule has 0 fully saturated rings. The molecule has 0 radical (unpaired) electrons. The minimum atomic E-state index is -0.355. The lowest BCUT2D eigenvalue weighted by Gasteiger charge is -2.08. The molecule has 0 saturated heterocycles. The number of halogens is 2. The summed E-state index contributed by atoms with van der Waals surface area (Å²) >= 11 is 3.20. The first-order chi connectivity index (χ1) is 10.1. The molecule has 2 nitrogen and oxygen atoms in total. The molecule has 2 aromatic carbocycles. The Morgan fingerprint density at radius 2 is 1.90 bits per heavy atom. The van der Waals surface area contributed by atoms with E-state index in [0.29, 0.717) is 15.8 Å². The maximum atomic E-state index is 13.0. The summed E-state index contributed by atoms with van der Waals surface area (Å²) < 4.78 is 18.9. The number of carbonyl (C=O) groups excluding carboxylic acids is 1. The molecule has 0 aliphatic heterocycles. The molecule has 2 rings (SSSR count). The van der Waals surface area contributed by atoms with Crippen LogP contribution in [0.1, 0.15) is 29.3 Å². The summed E-state index contributed by atoms with van der Waals surface area (Å²) in [6, 6.07) is 11.7. The number of hydrogen-bond donors (Lipinski definition) is 0. The van der Waals surface area contributed by atoms with Crippen molar-refractivity contribution in [2.24, 2.45) is 0 Å². The van der Waals surface area contributed by atoms with Gasteiger partial charge in [0.2, 0.25) is 0 Å². The van der Waals surface area contributed by atoms with E-state index in [1.807, 2.05) is 24.3 Å². The van der Waals surface area contributed by atoms with E-state index < -0.39 is 0 Å². The number of benzene rings is 2. The Balaban J connectivity index is 1.98. The number of ether oxygens (including phenoxy) is 1. The topological polar surface area (TPSA) is 26.3 Å². The van der Waals surface area contributed by atoms with Gasteiger partial charge in [-0.15, -0.1) is 0 Å². The van der Waals surface area contributed by atoms with Gasteiger partial charge >= 0.3 is 0 Å². The monoisotopic (exact) mass is 350 g/mol. The molecule has 21 heavy (non-hydrogen) atoms. The Kier molecular flexibility index (Phi) is 5.51. The molecule has 0 aromatic heterocycles. The van der Waals surface area contributed by atoms with E-state index in [2.05, 4.69) is 22.9 Å². The summed E-state index contributed by atoms with van der Waals surface area (Å²) in [5.41, 5.74) is 1.84. The van der Waals surface area contributed by atoms with Crippen molar-refractivity contribution in [3.63, 3.8) is 0 Å². The van der Waals surface area contributed by atoms with Gasteiger partial charge in [0.25, 0.3) is 0 Å². The molecule has 0 amide bonds. The van der Waals surface area contributed by atoms with Gasteiger partial charge in [0.05, 0.1) is 4.47 Å². The van der Waals surface area contributed by atoms with Gasteiger partial charge in [0, 0.05) is 5.56 Å². The van der Waals surface area contributed by atoms with Gasteiger partial charge in [0.1, 0.15) is 11.6 Å². The standard InChI is InChI=1S/C17H16BrFO2/c1-2-3-12-4-6-13(7-5-12)16(20)11-21-17-9-8-14(19)10-15(17)18/h4-10H,2-3,11H2,1H3. The van der Waals surface area contributed by atoms with Crippen LogP contribution in [0, 0.1) is 5.82 Å². The van der Waals surface area contributed by atoms with Crippen LogP contribution in [-0.4, -0.2) is 12.4 Å². The fourth-order valence-corrected chi connectivity index (χ4v) is 2.43. The quantitative estimate of drug-likeness (QED) is 0.699. The first kappa shape index (κ1) is 15.7. The molecule has 0 aliphatic carbocycles. The lowest BCUT2D eigenvalue weighted by Crippen LogP contribution is -2.11. The molecule has 0 saturated carbocycles. The van der Waals surface area contributed by atoms with Crippen LogP contribution in [0.5, 0.6) is 5.75 Å². The molecule has 110 valence electrons. The maximum absolute atomic E-state index is 13.0. The van der Waals surface area contributed by atoms with Crippen LogP contribution >= 0.6 is 15.9 Å². The van der Waals surface area contributed by atoms with Crippen molar-refractivity contribution in [3.05, 3.63) is 63.9 Å². The highest BCUT2D eigenvalue weighted by molar-refractivity contribution is 9.10. The van der Waals surface area contributed by atoms with Crippen molar-refractivity contribution >= 4 is 21.7 Å². The Hall–Kier alpha value is -1.68. The normalized spacial score (nSPS) is 10.4. The van der Waals surface area contributed by atoms with E-state index >= 15 is 0 Å². The van der Waals surface area contributed by atoms with Crippen LogP contribution in [0.25, 0.3) is 0 Å². The molecule has 2 aromatic rings. The van der Waals surface area contributed by atoms with Gasteiger partial charge in [-0.25, -0.2) is 4.39 Å². The van der Waals surface area contributed by atoms with Crippen molar-refractivity contribution in [1.82, 2.24) is 0 Å². The fourth-order valence-electron chi connectivity index (χ4n) is 1.96. The zero-order valence-electron chi connectivity index (χ0n) is 11.7. The van der Waals surface area contributed by atoms with E-state index in [9.17, 15) is 9.18 Å². The van der Waals surface area contributed by atoms with Crippen LogP contribution in [0.2, 0.25) is 0 Å². The van der Waals surface area contributed by atoms with E-state index in [0.717, 1.165) is 12.8 Å². The summed E-state index contributed by atoms with van der Waals surface area (Å²) in [6.07, 6.45) is 2.09. The number of ketones is 1. The molecule has 0 N–H and O–H groups in total. The molecule has 0 unspecified atom stereocenters. The number of hydrogen-bond acceptors (Lipinski definition) is 2. The van der Waals surface area contributed by atoms with Crippen molar-refractivity contribution in [2.45, 2.75) is 19.8 Å². The minimum absolute atomic E-state index is 0.0721. The number of rotatable bonds is 6. The lowest BCUT2D eigenvalue weighted by molar-refractivity contribution is 0.0921. The molecule has 0 spiro atoms. The van der Waals surface area contributed by atoms with Crippen molar-refractivity contribution in [3.8, 4) is 5.75 Å². The second kappa shape index (κ2) is 7.36. The lowest BCUT2D eigenvalue weighted by atomic mass is 10.1. The molecule has 0 bridgehead atoms. The van der Waals surface area contributed by atoms with Gasteiger partial charge in [-0.3, -0.25) is 4.79 Å². The van der Waals surface area contributed by atoms with Gasteiger partial charge in [-0.2, -0.15) is 0 Å². The summed E-state index contributed by atoms with van der Waals surface area (Å²) in [5.74, 6) is -0.00584. The van der Waals surface area contributed by atoms with Crippen LogP contribution in [0.3, 0.4) is 0 Å². The average Bonchev–Trinajstić information content (AvgIpc) is 2.47. The van der Waals surface area contributed by atoms with E-state index in [1.165, 1.54) is 23.8 Å². The third-order valence-electron chi connectivity index (χ3n) is 3.07. The van der Waals surface area contributed by atoms with Crippen LogP contribution in [0.4, 0.5) is 4.39 Å². The van der Waals surface area contributed by atoms with Gasteiger partial charge in [-0.1, -0.05) is 37.6 Å². The molecular formula is C17H16BrFO2. The van der Waals surface area contributed by atoms with Crippen molar-refractivity contribution in [1.29, 1.82) is 0 Å². The highest BCUT2D eigenvalue weighted by Gasteiger charge is 2.09. The molecular weight excluding hydrogens is 335 g/mol. The number of Topliss-reactive ketones (excluding diaryl/α,β-unsaturated/α-hetero) is 1. The minimum Gasteiger partial charge on any atom is -0.484 e. The van der Waals surface area contributed by atoms with Crippen molar-refractivity contribution in [2.75, 3.05) is 6.61 Å². The Morgan fingerprint density at radius 1 is 1.19 bits per heavy atom. The Bertz CT molecular complexity index is 623. The average molecular weight is 351 g/mol. The van der Waals surface area contributed by atoms with Gasteiger partial charge < -0.3 is 4.74 Å². The highest BCUT2D eigenvalue weighted by atomic mass is 79.9. The zero-order valence-corrected chi connectivity index (χ0v) is 13.3.